The van der Waals surface area contributed by atoms with Crippen LogP contribution in [0.2, 0.25) is 0 Å². The van der Waals surface area contributed by atoms with Crippen LogP contribution in [0.25, 0.3) is 0 Å². The van der Waals surface area contributed by atoms with E-state index in [1.807, 2.05) is 23.5 Å². The van der Waals surface area contributed by atoms with E-state index >= 15 is 0 Å². The molecule has 0 saturated carbocycles. The predicted molar refractivity (Wildman–Crippen MR) is 64.9 cm³/mol. The van der Waals surface area contributed by atoms with Gasteiger partial charge in [-0.2, -0.15) is 11.8 Å². The molecular weight excluding hydrogens is 200 g/mol. The first-order valence-corrected chi connectivity index (χ1v) is 7.04. The number of thioether (sulfide) groups is 2. The Hall–Kier alpha value is 0.170. The molecule has 0 bridgehead atoms. The largest absolute Gasteiger partial charge is 0.361 e. The molecule has 1 saturated heterocycles. The highest BCUT2D eigenvalue weighted by atomic mass is 32.2. The summed E-state index contributed by atoms with van der Waals surface area (Å²) in [5, 5.41) is 4.60. The Morgan fingerprint density at radius 2 is 2.46 bits per heavy atom. The lowest BCUT2D eigenvalue weighted by atomic mass is 10.1. The summed E-state index contributed by atoms with van der Waals surface area (Å²) < 4.78 is 0. The van der Waals surface area contributed by atoms with E-state index < -0.39 is 0 Å². The van der Waals surface area contributed by atoms with E-state index in [9.17, 15) is 0 Å². The minimum Gasteiger partial charge on any atom is -0.361 e. The van der Waals surface area contributed by atoms with Crippen LogP contribution in [-0.4, -0.2) is 35.5 Å². The minimum absolute atomic E-state index is 0.623. The third-order valence-corrected chi connectivity index (χ3v) is 3.70. The van der Waals surface area contributed by atoms with Crippen molar-refractivity contribution in [2.24, 2.45) is 10.9 Å². The zero-order valence-corrected chi connectivity index (χ0v) is 10.2. The van der Waals surface area contributed by atoms with Gasteiger partial charge in [0.1, 0.15) is 0 Å². The quantitative estimate of drug-likeness (QED) is 0.731. The normalized spacial score (nSPS) is 25.5. The van der Waals surface area contributed by atoms with E-state index in [4.69, 9.17) is 0 Å². The van der Waals surface area contributed by atoms with Gasteiger partial charge in [0.15, 0.2) is 5.17 Å². The Morgan fingerprint density at radius 1 is 1.69 bits per heavy atom. The third-order valence-electron chi connectivity index (χ3n) is 2.06. The van der Waals surface area contributed by atoms with E-state index in [1.54, 1.807) is 0 Å². The predicted octanol–water partition coefficient (Wildman–Crippen LogP) is 2.07. The summed E-state index contributed by atoms with van der Waals surface area (Å²) in [6.07, 6.45) is 2.12. The smallest absolute Gasteiger partial charge is 0.156 e. The number of aliphatic imine (C=N–C) groups is 1. The fourth-order valence-corrected chi connectivity index (χ4v) is 2.60. The van der Waals surface area contributed by atoms with Gasteiger partial charge in [0.05, 0.1) is 6.54 Å². The van der Waals surface area contributed by atoms with Crippen LogP contribution in [0.3, 0.4) is 0 Å². The van der Waals surface area contributed by atoms with Crippen molar-refractivity contribution < 1.29 is 0 Å². The van der Waals surface area contributed by atoms with Crippen molar-refractivity contribution in [3.63, 3.8) is 0 Å². The number of hydrogen-bond acceptors (Lipinski definition) is 3. The van der Waals surface area contributed by atoms with Gasteiger partial charge in [-0.3, -0.25) is 4.99 Å². The Bertz CT molecular complexity index is 180. The number of amidine groups is 1. The maximum absolute atomic E-state index is 4.49. The maximum atomic E-state index is 4.49. The lowest BCUT2D eigenvalue weighted by Crippen LogP contribution is -2.31. The summed E-state index contributed by atoms with van der Waals surface area (Å²) in [5.74, 6) is 3.01. The summed E-state index contributed by atoms with van der Waals surface area (Å²) in [4.78, 5) is 4.49. The van der Waals surface area contributed by atoms with Crippen molar-refractivity contribution in [2.75, 3.05) is 24.3 Å². The molecule has 1 N–H and O–H groups in total. The van der Waals surface area contributed by atoms with Gasteiger partial charge in [0.2, 0.25) is 0 Å². The van der Waals surface area contributed by atoms with Gasteiger partial charge in [-0.1, -0.05) is 25.6 Å². The maximum Gasteiger partial charge on any atom is 0.156 e. The first-order valence-electron chi connectivity index (χ1n) is 4.66. The van der Waals surface area contributed by atoms with Crippen LogP contribution in [0.1, 0.15) is 13.8 Å². The number of rotatable bonds is 4. The molecule has 1 heterocycles. The van der Waals surface area contributed by atoms with Crippen LogP contribution >= 0.6 is 23.5 Å². The van der Waals surface area contributed by atoms with Crippen molar-refractivity contribution in [1.29, 1.82) is 0 Å². The first-order chi connectivity index (χ1) is 6.24. The molecule has 1 atom stereocenters. The van der Waals surface area contributed by atoms with Crippen molar-refractivity contribution in [3.05, 3.63) is 0 Å². The van der Waals surface area contributed by atoms with Crippen LogP contribution in [0.5, 0.6) is 0 Å². The second-order valence-corrected chi connectivity index (χ2v) is 5.48. The van der Waals surface area contributed by atoms with Crippen molar-refractivity contribution in [2.45, 2.75) is 19.9 Å². The van der Waals surface area contributed by atoms with Crippen LogP contribution < -0.4 is 5.32 Å². The SMILES string of the molecule is CSCCN=C1NC(C(C)C)CS1. The van der Waals surface area contributed by atoms with E-state index in [0.29, 0.717) is 12.0 Å². The standard InChI is InChI=1S/C9H18N2S2/c1-7(2)8-6-13-9(11-8)10-4-5-12-3/h7-8H,4-6H2,1-3H3,(H,10,11). The average Bonchev–Trinajstić information content (AvgIpc) is 2.53. The van der Waals surface area contributed by atoms with E-state index in [2.05, 4.69) is 30.4 Å². The summed E-state index contributed by atoms with van der Waals surface area (Å²) in [7, 11) is 0. The van der Waals surface area contributed by atoms with Gasteiger partial charge >= 0.3 is 0 Å². The van der Waals surface area contributed by atoms with Gasteiger partial charge in [-0.15, -0.1) is 0 Å². The fraction of sp³-hybridized carbons (Fsp3) is 0.889. The molecule has 0 spiro atoms. The second-order valence-electron chi connectivity index (χ2n) is 3.49. The molecule has 0 aromatic carbocycles. The lowest BCUT2D eigenvalue weighted by molar-refractivity contribution is 0.503. The van der Waals surface area contributed by atoms with Crippen LogP contribution in [0.15, 0.2) is 4.99 Å². The highest BCUT2D eigenvalue weighted by Gasteiger charge is 2.22. The van der Waals surface area contributed by atoms with E-state index in [-0.39, 0.29) is 0 Å². The van der Waals surface area contributed by atoms with Crippen molar-refractivity contribution in [3.8, 4) is 0 Å². The Labute approximate surface area is 89.3 Å². The molecule has 1 fully saturated rings. The summed E-state index contributed by atoms with van der Waals surface area (Å²) in [6.45, 7) is 5.45. The molecule has 76 valence electrons. The van der Waals surface area contributed by atoms with Gasteiger partial charge < -0.3 is 5.32 Å². The Kier molecular flexibility index (Phi) is 5.02. The highest BCUT2D eigenvalue weighted by Crippen LogP contribution is 2.18. The fourth-order valence-electron chi connectivity index (χ4n) is 1.10. The summed E-state index contributed by atoms with van der Waals surface area (Å²) in [5.41, 5.74) is 0. The summed E-state index contributed by atoms with van der Waals surface area (Å²) >= 11 is 3.71. The Morgan fingerprint density at radius 3 is 3.00 bits per heavy atom. The molecule has 0 aliphatic carbocycles. The molecule has 1 aliphatic heterocycles. The van der Waals surface area contributed by atoms with Crippen molar-refractivity contribution in [1.82, 2.24) is 5.32 Å². The van der Waals surface area contributed by atoms with Crippen molar-refractivity contribution >= 4 is 28.7 Å². The van der Waals surface area contributed by atoms with Gasteiger partial charge in [-0.05, 0) is 12.2 Å². The second kappa shape index (κ2) is 5.81. The molecule has 0 aromatic rings. The molecule has 0 aromatic heterocycles. The third kappa shape index (κ3) is 3.81. The highest BCUT2D eigenvalue weighted by molar-refractivity contribution is 8.14. The van der Waals surface area contributed by atoms with Crippen LogP contribution in [0.4, 0.5) is 0 Å². The molecule has 0 radical (unpaired) electrons. The lowest BCUT2D eigenvalue weighted by Gasteiger charge is -2.12. The topological polar surface area (TPSA) is 24.4 Å². The zero-order valence-electron chi connectivity index (χ0n) is 8.54. The number of nitrogens with zero attached hydrogens (tertiary/aromatic N) is 1. The molecular formula is C9H18N2S2. The number of hydrogen-bond donors (Lipinski definition) is 1. The molecule has 1 rings (SSSR count). The molecule has 0 amide bonds. The molecule has 2 nitrogen and oxygen atoms in total. The summed E-state index contributed by atoms with van der Waals surface area (Å²) in [6, 6.07) is 0.623. The van der Waals surface area contributed by atoms with E-state index in [0.717, 1.165) is 17.5 Å². The molecule has 13 heavy (non-hydrogen) atoms. The van der Waals surface area contributed by atoms with Crippen LogP contribution in [-0.2, 0) is 0 Å². The van der Waals surface area contributed by atoms with Crippen LogP contribution in [0, 0.1) is 5.92 Å². The number of nitrogens with one attached hydrogen (secondary N) is 1. The van der Waals surface area contributed by atoms with Gasteiger partial charge in [0, 0.05) is 17.5 Å². The molecule has 4 heteroatoms. The van der Waals surface area contributed by atoms with Gasteiger partial charge in [-0.25, -0.2) is 0 Å². The van der Waals surface area contributed by atoms with E-state index in [1.165, 1.54) is 5.75 Å². The monoisotopic (exact) mass is 218 g/mol. The minimum atomic E-state index is 0.623. The van der Waals surface area contributed by atoms with Gasteiger partial charge in [0.25, 0.3) is 0 Å². The zero-order chi connectivity index (χ0) is 9.68. The molecule has 1 unspecified atom stereocenters. The first kappa shape index (κ1) is 11.2. The Balaban J connectivity index is 2.27. The average molecular weight is 218 g/mol. The molecule has 1 aliphatic rings.